The average Bonchev–Trinajstić information content (AvgIpc) is 2.35. The quantitative estimate of drug-likeness (QED) is 0.918. The van der Waals surface area contributed by atoms with Gasteiger partial charge in [0.2, 0.25) is 0 Å². The predicted octanol–water partition coefficient (Wildman–Crippen LogP) is 2.41. The molecule has 1 N–H and O–H groups in total. The lowest BCUT2D eigenvalue weighted by molar-refractivity contribution is 0.0803. The molecule has 18 heavy (non-hydrogen) atoms. The molecule has 0 fully saturated rings. The third-order valence-corrected chi connectivity index (χ3v) is 2.76. The summed E-state index contributed by atoms with van der Waals surface area (Å²) in [5.74, 6) is 0.984. The van der Waals surface area contributed by atoms with E-state index >= 15 is 0 Å². The van der Waals surface area contributed by atoms with E-state index in [2.05, 4.69) is 5.32 Å². The lowest BCUT2D eigenvalue weighted by Gasteiger charge is -2.21. The van der Waals surface area contributed by atoms with Crippen molar-refractivity contribution in [1.29, 1.82) is 0 Å². The zero-order valence-electron chi connectivity index (χ0n) is 10.0. The SMILES string of the molecule is COc1c(OCC(F)F)ccc2c1CCNC2.Cl. The van der Waals surface area contributed by atoms with Gasteiger partial charge in [-0.2, -0.15) is 0 Å². The highest BCUT2D eigenvalue weighted by molar-refractivity contribution is 5.85. The van der Waals surface area contributed by atoms with Gasteiger partial charge in [-0.1, -0.05) is 6.07 Å². The molecule has 102 valence electrons. The van der Waals surface area contributed by atoms with Crippen molar-refractivity contribution in [2.45, 2.75) is 19.4 Å². The van der Waals surface area contributed by atoms with Crippen molar-refractivity contribution >= 4 is 12.4 Å². The summed E-state index contributed by atoms with van der Waals surface area (Å²) in [5, 5.41) is 3.25. The van der Waals surface area contributed by atoms with E-state index in [0.29, 0.717) is 11.5 Å². The van der Waals surface area contributed by atoms with Crippen LogP contribution >= 0.6 is 12.4 Å². The molecule has 1 aromatic rings. The second-order valence-electron chi connectivity index (χ2n) is 3.86. The van der Waals surface area contributed by atoms with E-state index < -0.39 is 13.0 Å². The fourth-order valence-corrected chi connectivity index (χ4v) is 2.01. The number of methoxy groups -OCH3 is 1. The molecule has 1 aromatic carbocycles. The normalized spacial score (nSPS) is 13.8. The Balaban J connectivity index is 0.00000162. The molecule has 3 nitrogen and oxygen atoms in total. The van der Waals surface area contributed by atoms with Gasteiger partial charge in [0.05, 0.1) is 7.11 Å². The maximum Gasteiger partial charge on any atom is 0.272 e. The summed E-state index contributed by atoms with van der Waals surface area (Å²) < 4.78 is 34.6. The van der Waals surface area contributed by atoms with Crippen LogP contribution in [0.2, 0.25) is 0 Å². The Bertz CT molecular complexity index is 402. The van der Waals surface area contributed by atoms with Crippen molar-refractivity contribution in [3.05, 3.63) is 23.3 Å². The number of nitrogens with one attached hydrogen (secondary N) is 1. The van der Waals surface area contributed by atoms with Crippen molar-refractivity contribution in [3.63, 3.8) is 0 Å². The first kappa shape index (κ1) is 15.0. The van der Waals surface area contributed by atoms with Crippen molar-refractivity contribution < 1.29 is 18.3 Å². The van der Waals surface area contributed by atoms with E-state index in [1.165, 1.54) is 7.11 Å². The van der Waals surface area contributed by atoms with Crippen LogP contribution in [0, 0.1) is 0 Å². The van der Waals surface area contributed by atoms with Crippen molar-refractivity contribution in [3.8, 4) is 11.5 Å². The summed E-state index contributed by atoms with van der Waals surface area (Å²) in [6.07, 6.45) is -1.65. The molecule has 1 aliphatic rings. The number of halogens is 3. The van der Waals surface area contributed by atoms with E-state index in [1.807, 2.05) is 6.07 Å². The van der Waals surface area contributed by atoms with Gasteiger partial charge in [-0.3, -0.25) is 0 Å². The van der Waals surface area contributed by atoms with Crippen molar-refractivity contribution in [1.82, 2.24) is 5.32 Å². The zero-order valence-corrected chi connectivity index (χ0v) is 10.9. The second-order valence-corrected chi connectivity index (χ2v) is 3.86. The largest absolute Gasteiger partial charge is 0.493 e. The highest BCUT2D eigenvalue weighted by atomic mass is 35.5. The Morgan fingerprint density at radius 1 is 1.39 bits per heavy atom. The number of rotatable bonds is 4. The summed E-state index contributed by atoms with van der Waals surface area (Å²) in [7, 11) is 1.53. The maximum atomic E-state index is 12.1. The summed E-state index contributed by atoms with van der Waals surface area (Å²) in [5.41, 5.74) is 2.19. The average molecular weight is 280 g/mol. The first-order valence-corrected chi connectivity index (χ1v) is 5.52. The number of hydrogen-bond acceptors (Lipinski definition) is 3. The van der Waals surface area contributed by atoms with Gasteiger partial charge < -0.3 is 14.8 Å². The molecule has 0 aliphatic carbocycles. The number of ether oxygens (including phenoxy) is 2. The molecule has 0 unspecified atom stereocenters. The van der Waals surface area contributed by atoms with E-state index in [9.17, 15) is 8.78 Å². The van der Waals surface area contributed by atoms with Gasteiger partial charge in [0.15, 0.2) is 11.5 Å². The number of benzene rings is 1. The van der Waals surface area contributed by atoms with Gasteiger partial charge >= 0.3 is 0 Å². The van der Waals surface area contributed by atoms with Gasteiger partial charge in [0.25, 0.3) is 6.43 Å². The Kier molecular flexibility index (Phi) is 5.62. The summed E-state index contributed by atoms with van der Waals surface area (Å²) >= 11 is 0. The molecule has 0 aromatic heterocycles. The van der Waals surface area contributed by atoms with Crippen LogP contribution < -0.4 is 14.8 Å². The fraction of sp³-hybridized carbons (Fsp3) is 0.500. The van der Waals surface area contributed by atoms with Crippen LogP contribution in [-0.2, 0) is 13.0 Å². The Morgan fingerprint density at radius 2 is 2.17 bits per heavy atom. The lowest BCUT2D eigenvalue weighted by Crippen LogP contribution is -2.24. The monoisotopic (exact) mass is 279 g/mol. The molecule has 1 aliphatic heterocycles. The second kappa shape index (κ2) is 6.75. The van der Waals surface area contributed by atoms with E-state index in [-0.39, 0.29) is 12.4 Å². The third-order valence-electron chi connectivity index (χ3n) is 2.76. The standard InChI is InChI=1S/C12H15F2NO2.ClH/c1-16-12-9-4-5-15-6-8(9)2-3-10(12)17-7-11(13)14;/h2-3,11,15H,4-7H2,1H3;1H. The van der Waals surface area contributed by atoms with Gasteiger partial charge in [0, 0.05) is 12.1 Å². The molecule has 0 bridgehead atoms. The van der Waals surface area contributed by atoms with Crippen molar-refractivity contribution in [2.75, 3.05) is 20.3 Å². The first-order valence-electron chi connectivity index (χ1n) is 5.52. The molecular weight excluding hydrogens is 264 g/mol. The zero-order chi connectivity index (χ0) is 12.3. The van der Waals surface area contributed by atoms with Gasteiger partial charge in [-0.25, -0.2) is 8.78 Å². The van der Waals surface area contributed by atoms with E-state index in [1.54, 1.807) is 6.07 Å². The van der Waals surface area contributed by atoms with Crippen LogP contribution in [0.3, 0.4) is 0 Å². The Hall–Kier alpha value is -1.07. The maximum absolute atomic E-state index is 12.1. The minimum atomic E-state index is -2.47. The van der Waals surface area contributed by atoms with E-state index in [4.69, 9.17) is 9.47 Å². The molecule has 0 atom stereocenters. The van der Waals surface area contributed by atoms with Crippen LogP contribution in [0.25, 0.3) is 0 Å². The fourth-order valence-electron chi connectivity index (χ4n) is 2.01. The Labute approximate surface area is 111 Å². The van der Waals surface area contributed by atoms with E-state index in [0.717, 1.165) is 30.6 Å². The lowest BCUT2D eigenvalue weighted by atomic mass is 9.99. The molecule has 2 rings (SSSR count). The minimum Gasteiger partial charge on any atom is -0.493 e. The molecule has 0 saturated heterocycles. The van der Waals surface area contributed by atoms with Gasteiger partial charge in [0.1, 0.15) is 6.61 Å². The molecule has 0 amide bonds. The summed E-state index contributed by atoms with van der Waals surface area (Å²) in [6, 6.07) is 3.58. The number of hydrogen-bond donors (Lipinski definition) is 1. The molecular formula is C12H16ClF2NO2. The topological polar surface area (TPSA) is 30.5 Å². The Morgan fingerprint density at radius 3 is 2.83 bits per heavy atom. The van der Waals surface area contributed by atoms with Crippen LogP contribution in [0.15, 0.2) is 12.1 Å². The predicted molar refractivity (Wildman–Crippen MR) is 67.2 cm³/mol. The number of alkyl halides is 2. The van der Waals surface area contributed by atoms with Crippen LogP contribution in [0.5, 0.6) is 11.5 Å². The smallest absolute Gasteiger partial charge is 0.272 e. The number of fused-ring (bicyclic) bond motifs is 1. The van der Waals surface area contributed by atoms with Gasteiger partial charge in [-0.05, 0) is 24.6 Å². The van der Waals surface area contributed by atoms with Gasteiger partial charge in [-0.15, -0.1) is 12.4 Å². The molecule has 0 saturated carbocycles. The first-order chi connectivity index (χ1) is 8.22. The van der Waals surface area contributed by atoms with Crippen LogP contribution in [0.1, 0.15) is 11.1 Å². The minimum absolute atomic E-state index is 0. The molecule has 0 spiro atoms. The molecule has 0 radical (unpaired) electrons. The summed E-state index contributed by atoms with van der Waals surface area (Å²) in [4.78, 5) is 0. The summed E-state index contributed by atoms with van der Waals surface area (Å²) in [6.45, 7) is 1.04. The molecule has 1 heterocycles. The van der Waals surface area contributed by atoms with Crippen LogP contribution in [-0.4, -0.2) is 26.7 Å². The highest BCUT2D eigenvalue weighted by Crippen LogP contribution is 2.35. The van der Waals surface area contributed by atoms with Crippen LogP contribution in [0.4, 0.5) is 8.78 Å². The molecule has 6 heteroatoms. The highest BCUT2D eigenvalue weighted by Gasteiger charge is 2.18. The van der Waals surface area contributed by atoms with Crippen molar-refractivity contribution in [2.24, 2.45) is 0 Å². The third kappa shape index (κ3) is 3.23.